The minimum atomic E-state index is -0.499. The number of carbonyl (C=O) groups excluding carboxylic acids is 3. The van der Waals surface area contributed by atoms with Crippen LogP contribution in [0.2, 0.25) is 0 Å². The van der Waals surface area contributed by atoms with Crippen LogP contribution in [-0.2, 0) is 9.59 Å². The number of piperazine rings is 1. The SMILES string of the molecule is CCN1CCN(C(=O)CN2CC3=C(C2=O)C(c2ccc(C)cc2C)NC(=O)N3CC)CC1. The van der Waals surface area contributed by atoms with Crippen molar-refractivity contribution in [2.24, 2.45) is 0 Å². The molecular weight excluding hydrogens is 406 g/mol. The van der Waals surface area contributed by atoms with Crippen molar-refractivity contribution in [2.45, 2.75) is 33.7 Å². The molecule has 1 aromatic rings. The third-order valence-electron chi connectivity index (χ3n) is 6.85. The maximum Gasteiger partial charge on any atom is 0.322 e. The van der Waals surface area contributed by atoms with Gasteiger partial charge in [0.05, 0.1) is 23.9 Å². The quantitative estimate of drug-likeness (QED) is 0.757. The summed E-state index contributed by atoms with van der Waals surface area (Å²) in [6.07, 6.45) is 0. The van der Waals surface area contributed by atoms with E-state index in [1.165, 1.54) is 0 Å². The van der Waals surface area contributed by atoms with E-state index in [0.29, 0.717) is 25.2 Å². The van der Waals surface area contributed by atoms with Crippen molar-refractivity contribution in [2.75, 3.05) is 52.4 Å². The number of aryl methyl sites for hydroxylation is 2. The molecule has 3 aliphatic rings. The Morgan fingerprint density at radius 2 is 1.78 bits per heavy atom. The Morgan fingerprint density at radius 1 is 1.06 bits per heavy atom. The molecule has 1 N–H and O–H groups in total. The van der Waals surface area contributed by atoms with Gasteiger partial charge in [0.15, 0.2) is 0 Å². The minimum Gasteiger partial charge on any atom is -0.339 e. The molecule has 8 heteroatoms. The number of rotatable bonds is 5. The van der Waals surface area contributed by atoms with Crippen LogP contribution in [0.15, 0.2) is 29.5 Å². The predicted octanol–water partition coefficient (Wildman–Crippen LogP) is 1.65. The Bertz CT molecular complexity index is 964. The van der Waals surface area contributed by atoms with Gasteiger partial charge in [0.25, 0.3) is 5.91 Å². The summed E-state index contributed by atoms with van der Waals surface area (Å²) in [4.78, 5) is 46.7. The lowest BCUT2D eigenvalue weighted by Gasteiger charge is -2.34. The van der Waals surface area contributed by atoms with Crippen molar-refractivity contribution >= 4 is 17.8 Å². The summed E-state index contributed by atoms with van der Waals surface area (Å²) in [6.45, 7) is 12.9. The summed E-state index contributed by atoms with van der Waals surface area (Å²) in [5.41, 5.74) is 4.38. The van der Waals surface area contributed by atoms with Crippen LogP contribution in [0.1, 0.15) is 36.6 Å². The Kier molecular flexibility index (Phi) is 6.24. The molecule has 1 saturated heterocycles. The summed E-state index contributed by atoms with van der Waals surface area (Å²) in [5, 5.41) is 3.03. The van der Waals surface area contributed by atoms with E-state index in [1.54, 1.807) is 9.80 Å². The molecule has 4 amide bonds. The van der Waals surface area contributed by atoms with E-state index in [-0.39, 0.29) is 30.9 Å². The first kappa shape index (κ1) is 22.3. The molecule has 1 atom stereocenters. The number of carbonyl (C=O) groups is 3. The van der Waals surface area contributed by atoms with Crippen LogP contribution >= 0.6 is 0 Å². The van der Waals surface area contributed by atoms with Crippen molar-refractivity contribution in [3.05, 3.63) is 46.2 Å². The molecule has 0 saturated carbocycles. The number of benzene rings is 1. The van der Waals surface area contributed by atoms with Gasteiger partial charge < -0.3 is 20.0 Å². The standard InChI is InChI=1S/C24H33N5O3/c1-5-26-9-11-27(12-10-26)20(30)15-28-14-19-21(23(28)31)22(25-24(32)29(19)6-2)18-8-7-16(3)13-17(18)4/h7-8,13,22H,5-6,9-12,14-15H2,1-4H3,(H,25,32). The zero-order chi connectivity index (χ0) is 23.0. The third-order valence-corrected chi connectivity index (χ3v) is 6.85. The second-order valence-electron chi connectivity index (χ2n) is 8.82. The molecule has 8 nitrogen and oxygen atoms in total. The fourth-order valence-electron chi connectivity index (χ4n) is 4.97. The predicted molar refractivity (Wildman–Crippen MR) is 122 cm³/mol. The highest BCUT2D eigenvalue weighted by atomic mass is 16.2. The van der Waals surface area contributed by atoms with E-state index < -0.39 is 6.04 Å². The Labute approximate surface area is 189 Å². The normalized spacial score (nSPS) is 21.9. The number of hydrogen-bond acceptors (Lipinski definition) is 4. The topological polar surface area (TPSA) is 76.2 Å². The molecule has 3 heterocycles. The second kappa shape index (κ2) is 8.94. The lowest BCUT2D eigenvalue weighted by atomic mass is 9.91. The zero-order valence-electron chi connectivity index (χ0n) is 19.5. The highest BCUT2D eigenvalue weighted by Crippen LogP contribution is 2.37. The first-order chi connectivity index (χ1) is 15.3. The lowest BCUT2D eigenvalue weighted by molar-refractivity contribution is -0.138. The molecule has 1 unspecified atom stereocenters. The molecule has 1 aromatic carbocycles. The van der Waals surface area contributed by atoms with Crippen molar-refractivity contribution < 1.29 is 14.4 Å². The van der Waals surface area contributed by atoms with E-state index >= 15 is 0 Å². The van der Waals surface area contributed by atoms with Gasteiger partial charge in [-0.25, -0.2) is 4.79 Å². The maximum absolute atomic E-state index is 13.5. The smallest absolute Gasteiger partial charge is 0.322 e. The van der Waals surface area contributed by atoms with Crippen LogP contribution in [0.4, 0.5) is 4.79 Å². The summed E-state index contributed by atoms with van der Waals surface area (Å²) >= 11 is 0. The Balaban J connectivity index is 1.56. The summed E-state index contributed by atoms with van der Waals surface area (Å²) in [6, 6.07) is 5.34. The number of hydrogen-bond donors (Lipinski definition) is 1. The zero-order valence-corrected chi connectivity index (χ0v) is 19.5. The van der Waals surface area contributed by atoms with Crippen LogP contribution in [0.5, 0.6) is 0 Å². The van der Waals surface area contributed by atoms with Gasteiger partial charge in [-0.15, -0.1) is 0 Å². The van der Waals surface area contributed by atoms with E-state index in [9.17, 15) is 14.4 Å². The molecule has 1 fully saturated rings. The Morgan fingerprint density at radius 3 is 2.41 bits per heavy atom. The van der Waals surface area contributed by atoms with Crippen molar-refractivity contribution in [3.63, 3.8) is 0 Å². The largest absolute Gasteiger partial charge is 0.339 e. The fraction of sp³-hybridized carbons (Fsp3) is 0.542. The maximum atomic E-state index is 13.5. The van der Waals surface area contributed by atoms with E-state index in [1.807, 2.05) is 37.8 Å². The molecule has 0 spiro atoms. The summed E-state index contributed by atoms with van der Waals surface area (Å²) in [5.74, 6) is -0.191. The van der Waals surface area contributed by atoms with Gasteiger partial charge in [0, 0.05) is 32.7 Å². The number of urea groups is 1. The first-order valence-corrected chi connectivity index (χ1v) is 11.5. The second-order valence-corrected chi connectivity index (χ2v) is 8.82. The van der Waals surface area contributed by atoms with Crippen LogP contribution in [0.25, 0.3) is 0 Å². The van der Waals surface area contributed by atoms with Gasteiger partial charge >= 0.3 is 6.03 Å². The Hall–Kier alpha value is -2.87. The molecule has 172 valence electrons. The molecule has 0 aromatic heterocycles. The molecule has 0 aliphatic carbocycles. The molecule has 0 bridgehead atoms. The number of nitrogens with zero attached hydrogens (tertiary/aromatic N) is 4. The lowest BCUT2D eigenvalue weighted by Crippen LogP contribution is -2.51. The van der Waals surface area contributed by atoms with Gasteiger partial charge in [0.2, 0.25) is 5.91 Å². The third kappa shape index (κ3) is 3.99. The van der Waals surface area contributed by atoms with E-state index in [4.69, 9.17) is 0 Å². The average molecular weight is 440 g/mol. The van der Waals surface area contributed by atoms with Gasteiger partial charge in [-0.3, -0.25) is 14.5 Å². The molecule has 3 aliphatic heterocycles. The van der Waals surface area contributed by atoms with Crippen LogP contribution < -0.4 is 5.32 Å². The van der Waals surface area contributed by atoms with Gasteiger partial charge in [-0.2, -0.15) is 0 Å². The molecular formula is C24H33N5O3. The number of amides is 4. The monoisotopic (exact) mass is 439 g/mol. The summed E-state index contributed by atoms with van der Waals surface area (Å²) in [7, 11) is 0. The summed E-state index contributed by atoms with van der Waals surface area (Å²) < 4.78 is 0. The first-order valence-electron chi connectivity index (χ1n) is 11.5. The van der Waals surface area contributed by atoms with Crippen molar-refractivity contribution in [3.8, 4) is 0 Å². The van der Waals surface area contributed by atoms with Crippen molar-refractivity contribution in [1.82, 2.24) is 24.9 Å². The molecule has 32 heavy (non-hydrogen) atoms. The number of likely N-dealkylation sites (N-methyl/N-ethyl adjacent to an activating group) is 2. The highest BCUT2D eigenvalue weighted by Gasteiger charge is 2.44. The van der Waals surface area contributed by atoms with E-state index in [0.717, 1.165) is 42.0 Å². The van der Waals surface area contributed by atoms with Crippen LogP contribution in [0.3, 0.4) is 0 Å². The molecule has 4 rings (SSSR count). The van der Waals surface area contributed by atoms with Gasteiger partial charge in [-0.1, -0.05) is 30.7 Å². The molecule has 0 radical (unpaired) electrons. The van der Waals surface area contributed by atoms with E-state index in [2.05, 4.69) is 23.2 Å². The minimum absolute atomic E-state index is 0.0284. The highest BCUT2D eigenvalue weighted by molar-refractivity contribution is 6.03. The van der Waals surface area contributed by atoms with Crippen molar-refractivity contribution in [1.29, 1.82) is 0 Å². The fourth-order valence-corrected chi connectivity index (χ4v) is 4.97. The van der Waals surface area contributed by atoms with Crippen LogP contribution in [0, 0.1) is 13.8 Å². The van der Waals surface area contributed by atoms with Gasteiger partial charge in [-0.05, 0) is 38.4 Å². The average Bonchev–Trinajstić information content (AvgIpc) is 3.09. The number of nitrogens with one attached hydrogen (secondary N) is 1. The van der Waals surface area contributed by atoms with Gasteiger partial charge in [0.1, 0.15) is 6.54 Å². The van der Waals surface area contributed by atoms with Crippen LogP contribution in [-0.4, -0.2) is 89.8 Å².